The molecule has 3 heteroatoms. The molecule has 0 saturated heterocycles. The number of hydrogen-bond donors (Lipinski definition) is 1. The number of para-hydroxylation sites is 1. The van der Waals surface area contributed by atoms with Crippen molar-refractivity contribution in [3.05, 3.63) is 76.4 Å². The maximum atomic E-state index is 4.56. The van der Waals surface area contributed by atoms with E-state index in [1.165, 1.54) is 35.8 Å². The molecule has 0 aliphatic heterocycles. The highest BCUT2D eigenvalue weighted by atomic mass is 79.9. The number of nitrogens with one attached hydrogen (secondary N) is 1. The standard InChI is InChI=1S/C20H19BrN2/c21-18-9-7-17(8-10-18)20(11-3-12-20)23-14-16-5-1-4-15-6-2-13-22-19(15)16/h1-2,4-10,13,23H,3,11-12,14H2. The summed E-state index contributed by atoms with van der Waals surface area (Å²) in [4.78, 5) is 4.56. The number of benzene rings is 2. The predicted molar refractivity (Wildman–Crippen MR) is 98.3 cm³/mol. The van der Waals surface area contributed by atoms with E-state index >= 15 is 0 Å². The average Bonchev–Trinajstić information content (AvgIpc) is 2.55. The number of halogens is 1. The number of pyridine rings is 1. The van der Waals surface area contributed by atoms with Crippen molar-refractivity contribution in [1.29, 1.82) is 0 Å². The first-order chi connectivity index (χ1) is 11.3. The van der Waals surface area contributed by atoms with Gasteiger partial charge in [-0.15, -0.1) is 0 Å². The van der Waals surface area contributed by atoms with Gasteiger partial charge in [0.05, 0.1) is 5.52 Å². The van der Waals surface area contributed by atoms with Crippen LogP contribution in [0.2, 0.25) is 0 Å². The quantitative estimate of drug-likeness (QED) is 0.689. The van der Waals surface area contributed by atoms with Crippen LogP contribution in [-0.4, -0.2) is 4.98 Å². The Labute approximate surface area is 145 Å². The summed E-state index contributed by atoms with van der Waals surface area (Å²) in [5, 5.41) is 5.03. The third-order valence-corrected chi connectivity index (χ3v) is 5.47. The number of nitrogens with zero attached hydrogens (tertiary/aromatic N) is 1. The predicted octanol–water partition coefficient (Wildman–Crippen LogP) is 5.17. The number of aromatic nitrogens is 1. The highest BCUT2D eigenvalue weighted by Gasteiger charge is 2.38. The topological polar surface area (TPSA) is 24.9 Å². The Bertz CT molecular complexity index is 817. The Morgan fingerprint density at radius 3 is 2.52 bits per heavy atom. The molecule has 1 aromatic heterocycles. The van der Waals surface area contributed by atoms with Crippen LogP contribution in [-0.2, 0) is 12.1 Å². The smallest absolute Gasteiger partial charge is 0.0746 e. The van der Waals surface area contributed by atoms with Crippen LogP contribution in [0.25, 0.3) is 10.9 Å². The summed E-state index contributed by atoms with van der Waals surface area (Å²) >= 11 is 3.53. The lowest BCUT2D eigenvalue weighted by molar-refractivity contribution is 0.183. The molecule has 23 heavy (non-hydrogen) atoms. The number of fused-ring (bicyclic) bond motifs is 1. The van der Waals surface area contributed by atoms with E-state index in [1.807, 2.05) is 12.3 Å². The van der Waals surface area contributed by atoms with E-state index in [0.717, 1.165) is 16.5 Å². The van der Waals surface area contributed by atoms with Crippen molar-refractivity contribution in [1.82, 2.24) is 10.3 Å². The van der Waals surface area contributed by atoms with Gasteiger partial charge >= 0.3 is 0 Å². The van der Waals surface area contributed by atoms with E-state index in [0.29, 0.717) is 0 Å². The molecule has 1 aliphatic carbocycles. The lowest BCUT2D eigenvalue weighted by Crippen LogP contribution is -2.47. The largest absolute Gasteiger partial charge is 0.303 e. The van der Waals surface area contributed by atoms with Crippen molar-refractivity contribution in [3.63, 3.8) is 0 Å². The summed E-state index contributed by atoms with van der Waals surface area (Å²) in [6, 6.07) is 19.3. The fourth-order valence-electron chi connectivity index (χ4n) is 3.44. The maximum Gasteiger partial charge on any atom is 0.0746 e. The molecule has 0 amide bonds. The summed E-state index contributed by atoms with van der Waals surface area (Å²) in [6.45, 7) is 0.852. The van der Waals surface area contributed by atoms with Crippen molar-refractivity contribution >= 4 is 26.8 Å². The van der Waals surface area contributed by atoms with Crippen LogP contribution in [0, 0.1) is 0 Å². The molecular formula is C20H19BrN2. The fourth-order valence-corrected chi connectivity index (χ4v) is 3.71. The second-order valence-corrected chi connectivity index (χ2v) is 7.20. The molecule has 0 unspecified atom stereocenters. The molecule has 0 atom stereocenters. The molecule has 0 radical (unpaired) electrons. The summed E-state index contributed by atoms with van der Waals surface area (Å²) in [5.74, 6) is 0. The normalized spacial score (nSPS) is 16.2. The first-order valence-electron chi connectivity index (χ1n) is 8.11. The van der Waals surface area contributed by atoms with E-state index < -0.39 is 0 Å². The maximum absolute atomic E-state index is 4.56. The zero-order valence-corrected chi connectivity index (χ0v) is 14.5. The lowest BCUT2D eigenvalue weighted by atomic mass is 9.71. The second-order valence-electron chi connectivity index (χ2n) is 6.29. The minimum atomic E-state index is 0.123. The number of hydrogen-bond acceptors (Lipinski definition) is 2. The van der Waals surface area contributed by atoms with Gasteiger partial charge in [-0.2, -0.15) is 0 Å². The van der Waals surface area contributed by atoms with Crippen LogP contribution in [0.5, 0.6) is 0 Å². The summed E-state index contributed by atoms with van der Waals surface area (Å²) < 4.78 is 1.13. The molecule has 1 saturated carbocycles. The molecule has 116 valence electrons. The molecule has 0 bridgehead atoms. The lowest BCUT2D eigenvalue weighted by Gasteiger charge is -2.43. The zero-order chi connectivity index (χ0) is 15.7. The van der Waals surface area contributed by atoms with Gasteiger partial charge in [-0.25, -0.2) is 0 Å². The third kappa shape index (κ3) is 2.79. The van der Waals surface area contributed by atoms with Gasteiger partial charge in [0.1, 0.15) is 0 Å². The molecule has 0 spiro atoms. The minimum absolute atomic E-state index is 0.123. The minimum Gasteiger partial charge on any atom is -0.303 e. The van der Waals surface area contributed by atoms with Gasteiger partial charge in [0, 0.05) is 28.1 Å². The summed E-state index contributed by atoms with van der Waals surface area (Å²) in [5.41, 5.74) is 3.89. The van der Waals surface area contributed by atoms with E-state index in [1.54, 1.807) is 0 Å². The van der Waals surface area contributed by atoms with Crippen molar-refractivity contribution in [2.24, 2.45) is 0 Å². The molecule has 1 N–H and O–H groups in total. The van der Waals surface area contributed by atoms with Crippen molar-refractivity contribution < 1.29 is 0 Å². The molecule has 4 rings (SSSR count). The monoisotopic (exact) mass is 366 g/mol. The van der Waals surface area contributed by atoms with Crippen LogP contribution in [0.15, 0.2) is 65.3 Å². The van der Waals surface area contributed by atoms with E-state index in [4.69, 9.17) is 0 Å². The van der Waals surface area contributed by atoms with Gasteiger partial charge in [0.25, 0.3) is 0 Å². The molecule has 2 nitrogen and oxygen atoms in total. The van der Waals surface area contributed by atoms with E-state index in [9.17, 15) is 0 Å². The van der Waals surface area contributed by atoms with E-state index in [-0.39, 0.29) is 5.54 Å². The average molecular weight is 367 g/mol. The zero-order valence-electron chi connectivity index (χ0n) is 12.9. The van der Waals surface area contributed by atoms with Gasteiger partial charge in [0.2, 0.25) is 0 Å². The summed E-state index contributed by atoms with van der Waals surface area (Å²) in [6.07, 6.45) is 5.57. The molecule has 2 aromatic carbocycles. The van der Waals surface area contributed by atoms with Crippen LogP contribution in [0.3, 0.4) is 0 Å². The summed E-state index contributed by atoms with van der Waals surface area (Å²) in [7, 11) is 0. The van der Waals surface area contributed by atoms with Gasteiger partial charge in [-0.1, -0.05) is 52.3 Å². The third-order valence-electron chi connectivity index (χ3n) is 4.94. The SMILES string of the molecule is Brc1ccc(C2(NCc3cccc4cccnc34)CCC2)cc1. The Kier molecular flexibility index (Phi) is 3.92. The first kappa shape index (κ1) is 14.9. The van der Waals surface area contributed by atoms with Crippen molar-refractivity contribution in [3.8, 4) is 0 Å². The molecular weight excluding hydrogens is 348 g/mol. The molecule has 3 aromatic rings. The fraction of sp³-hybridized carbons (Fsp3) is 0.250. The van der Waals surface area contributed by atoms with Gasteiger partial charge in [-0.3, -0.25) is 4.98 Å². The van der Waals surface area contributed by atoms with Crippen molar-refractivity contribution in [2.45, 2.75) is 31.3 Å². The number of rotatable bonds is 4. The Morgan fingerprint density at radius 2 is 1.78 bits per heavy atom. The highest BCUT2D eigenvalue weighted by molar-refractivity contribution is 9.10. The Balaban J connectivity index is 1.60. The second kappa shape index (κ2) is 6.06. The van der Waals surface area contributed by atoms with Crippen LogP contribution in [0.4, 0.5) is 0 Å². The molecule has 1 heterocycles. The first-order valence-corrected chi connectivity index (χ1v) is 8.90. The van der Waals surface area contributed by atoms with Crippen LogP contribution < -0.4 is 5.32 Å². The van der Waals surface area contributed by atoms with Crippen molar-refractivity contribution in [2.75, 3.05) is 0 Å². The molecule has 1 fully saturated rings. The molecule has 1 aliphatic rings. The van der Waals surface area contributed by atoms with Gasteiger partial charge in [0.15, 0.2) is 0 Å². The van der Waals surface area contributed by atoms with Crippen LogP contribution in [0.1, 0.15) is 30.4 Å². The van der Waals surface area contributed by atoms with Gasteiger partial charge in [-0.05, 0) is 48.6 Å². The Morgan fingerprint density at radius 1 is 1.00 bits per heavy atom. The Hall–Kier alpha value is -1.71. The highest BCUT2D eigenvalue weighted by Crippen LogP contribution is 2.41. The van der Waals surface area contributed by atoms with E-state index in [2.05, 4.69) is 74.8 Å². The van der Waals surface area contributed by atoms with Gasteiger partial charge < -0.3 is 5.32 Å². The van der Waals surface area contributed by atoms with Crippen LogP contribution >= 0.6 is 15.9 Å².